The fourth-order valence-electron chi connectivity index (χ4n) is 3.05. The molecule has 1 aliphatic rings. The van der Waals surface area contributed by atoms with E-state index in [2.05, 4.69) is 11.4 Å². The number of rotatable bonds is 8. The van der Waals surface area contributed by atoms with Gasteiger partial charge in [-0.15, -0.1) is 0 Å². The number of hydrogen-bond acceptors (Lipinski definition) is 5. The molecule has 6 nitrogen and oxygen atoms in total. The van der Waals surface area contributed by atoms with E-state index in [0.717, 1.165) is 24.8 Å². The van der Waals surface area contributed by atoms with Gasteiger partial charge in [0, 0.05) is 11.4 Å². The van der Waals surface area contributed by atoms with E-state index in [0.29, 0.717) is 36.6 Å². The molecule has 1 aromatic carbocycles. The Morgan fingerprint density at radius 2 is 2.04 bits per heavy atom. The van der Waals surface area contributed by atoms with E-state index in [1.165, 1.54) is 0 Å². The number of hydrogen-bond donors (Lipinski definition) is 1. The van der Waals surface area contributed by atoms with Crippen molar-refractivity contribution in [3.05, 3.63) is 28.8 Å². The second-order valence-corrected chi connectivity index (χ2v) is 7.23. The van der Waals surface area contributed by atoms with Crippen molar-refractivity contribution in [3.63, 3.8) is 0 Å². The average Bonchev–Trinajstić information content (AvgIpc) is 2.67. The monoisotopic (exact) mass is 392 g/mol. The highest BCUT2D eigenvalue weighted by Crippen LogP contribution is 2.27. The molecule has 146 valence electrons. The molecule has 1 aromatic rings. The molecule has 7 heteroatoms. The second kappa shape index (κ2) is 10.2. The van der Waals surface area contributed by atoms with Crippen LogP contribution in [0.25, 0.3) is 0 Å². The van der Waals surface area contributed by atoms with E-state index < -0.39 is 17.4 Å². The Morgan fingerprint density at radius 3 is 2.70 bits per heavy atom. The third-order valence-corrected chi connectivity index (χ3v) is 5.01. The van der Waals surface area contributed by atoms with Crippen LogP contribution in [0.1, 0.15) is 50.5 Å². The number of ether oxygens (including phenoxy) is 2. The minimum atomic E-state index is -0.813. The first-order valence-corrected chi connectivity index (χ1v) is 9.59. The van der Waals surface area contributed by atoms with Crippen molar-refractivity contribution in [2.24, 2.45) is 0 Å². The molecule has 0 unspecified atom stereocenters. The van der Waals surface area contributed by atoms with Crippen LogP contribution in [0.15, 0.2) is 18.2 Å². The minimum absolute atomic E-state index is 0.156. The number of halogens is 1. The topological polar surface area (TPSA) is 88.4 Å². The third kappa shape index (κ3) is 6.76. The number of nitrogens with zero attached hydrogens (tertiary/aromatic N) is 1. The van der Waals surface area contributed by atoms with Crippen molar-refractivity contribution < 1.29 is 19.1 Å². The number of nitriles is 1. The molecule has 1 aliphatic carbocycles. The minimum Gasteiger partial charge on any atom is -0.494 e. The fourth-order valence-corrected chi connectivity index (χ4v) is 3.17. The SMILES string of the molecule is Cc1cc(OCCCC(=O)OCC(=O)NC2(C#N)CCCCC2)ccc1Cl. The number of carbonyl (C=O) groups is 2. The predicted molar refractivity (Wildman–Crippen MR) is 101 cm³/mol. The van der Waals surface area contributed by atoms with Crippen LogP contribution in [-0.2, 0) is 14.3 Å². The predicted octanol–water partition coefficient (Wildman–Crippen LogP) is 3.69. The molecule has 27 heavy (non-hydrogen) atoms. The standard InChI is InChI=1S/C20H25ClN2O4/c1-15-12-16(7-8-17(15)21)26-11-5-6-19(25)27-13-18(24)23-20(14-22)9-3-2-4-10-20/h7-8,12H,2-6,9-11,13H2,1H3,(H,23,24). The Hall–Kier alpha value is -2.26. The van der Waals surface area contributed by atoms with Crippen LogP contribution in [-0.4, -0.2) is 30.6 Å². The molecule has 0 spiro atoms. The quantitative estimate of drug-likeness (QED) is 0.538. The van der Waals surface area contributed by atoms with Crippen LogP contribution in [0.3, 0.4) is 0 Å². The lowest BCUT2D eigenvalue weighted by Crippen LogP contribution is -2.50. The Bertz CT molecular complexity index is 708. The first kappa shape index (κ1) is 21.0. The molecule has 0 bridgehead atoms. The van der Waals surface area contributed by atoms with Gasteiger partial charge in [-0.25, -0.2) is 0 Å². The molecule has 2 rings (SSSR count). The van der Waals surface area contributed by atoms with Gasteiger partial charge in [0.05, 0.1) is 12.7 Å². The zero-order valence-corrected chi connectivity index (χ0v) is 16.3. The van der Waals surface area contributed by atoms with Crippen LogP contribution < -0.4 is 10.1 Å². The van der Waals surface area contributed by atoms with E-state index >= 15 is 0 Å². The third-order valence-electron chi connectivity index (χ3n) is 4.59. The van der Waals surface area contributed by atoms with Crippen molar-refractivity contribution in [1.29, 1.82) is 5.26 Å². The summed E-state index contributed by atoms with van der Waals surface area (Å²) in [4.78, 5) is 23.7. The van der Waals surface area contributed by atoms with Gasteiger partial charge in [-0.3, -0.25) is 9.59 Å². The van der Waals surface area contributed by atoms with Crippen molar-refractivity contribution >= 4 is 23.5 Å². The van der Waals surface area contributed by atoms with Gasteiger partial charge in [0.2, 0.25) is 0 Å². The lowest BCUT2D eigenvalue weighted by Gasteiger charge is -2.31. The zero-order valence-electron chi connectivity index (χ0n) is 15.6. The molecular formula is C20H25ClN2O4. The smallest absolute Gasteiger partial charge is 0.306 e. The van der Waals surface area contributed by atoms with E-state index in [-0.39, 0.29) is 13.0 Å². The van der Waals surface area contributed by atoms with Crippen LogP contribution >= 0.6 is 11.6 Å². The number of amides is 1. The summed E-state index contributed by atoms with van der Waals surface area (Å²) in [5, 5.41) is 12.7. The lowest BCUT2D eigenvalue weighted by atomic mass is 9.83. The Kier molecular flexibility index (Phi) is 7.93. The highest BCUT2D eigenvalue weighted by Gasteiger charge is 2.33. The summed E-state index contributed by atoms with van der Waals surface area (Å²) >= 11 is 5.96. The molecule has 0 saturated heterocycles. The van der Waals surface area contributed by atoms with Crippen LogP contribution in [0, 0.1) is 18.3 Å². The van der Waals surface area contributed by atoms with E-state index in [9.17, 15) is 14.9 Å². The molecule has 1 N–H and O–H groups in total. The molecule has 1 saturated carbocycles. The Balaban J connectivity index is 1.63. The molecule has 1 fully saturated rings. The van der Waals surface area contributed by atoms with Gasteiger partial charge < -0.3 is 14.8 Å². The highest BCUT2D eigenvalue weighted by atomic mass is 35.5. The normalized spacial score (nSPS) is 15.4. The van der Waals surface area contributed by atoms with Crippen LogP contribution in [0.5, 0.6) is 5.75 Å². The number of carbonyl (C=O) groups excluding carboxylic acids is 2. The van der Waals surface area contributed by atoms with Crippen LogP contribution in [0.4, 0.5) is 0 Å². The summed E-state index contributed by atoms with van der Waals surface area (Å²) in [6.45, 7) is 1.89. The van der Waals surface area contributed by atoms with Gasteiger partial charge in [0.15, 0.2) is 6.61 Å². The van der Waals surface area contributed by atoms with Gasteiger partial charge in [-0.1, -0.05) is 30.9 Å². The summed E-state index contributed by atoms with van der Waals surface area (Å²) in [6.07, 6.45) is 4.83. The van der Waals surface area contributed by atoms with Gasteiger partial charge in [0.1, 0.15) is 11.3 Å². The highest BCUT2D eigenvalue weighted by molar-refractivity contribution is 6.31. The van der Waals surface area contributed by atoms with Crippen LogP contribution in [0.2, 0.25) is 5.02 Å². The fraction of sp³-hybridized carbons (Fsp3) is 0.550. The summed E-state index contributed by atoms with van der Waals surface area (Å²) in [5.41, 5.74) is 0.111. The molecule has 1 amide bonds. The van der Waals surface area contributed by atoms with Gasteiger partial charge in [-0.2, -0.15) is 5.26 Å². The summed E-state index contributed by atoms with van der Waals surface area (Å²) in [5.74, 6) is -0.200. The van der Waals surface area contributed by atoms with Crippen molar-refractivity contribution in [3.8, 4) is 11.8 Å². The molecule has 0 aromatic heterocycles. The number of nitrogens with one attached hydrogen (secondary N) is 1. The Morgan fingerprint density at radius 1 is 1.30 bits per heavy atom. The van der Waals surface area contributed by atoms with E-state index in [4.69, 9.17) is 21.1 Å². The summed E-state index contributed by atoms with van der Waals surface area (Å²) < 4.78 is 10.6. The second-order valence-electron chi connectivity index (χ2n) is 6.83. The van der Waals surface area contributed by atoms with Crippen molar-refractivity contribution in [1.82, 2.24) is 5.32 Å². The maximum atomic E-state index is 12.0. The van der Waals surface area contributed by atoms with Gasteiger partial charge in [-0.05, 0) is 49.9 Å². The molecule has 0 atom stereocenters. The molecule has 0 aliphatic heterocycles. The number of aryl methyl sites for hydroxylation is 1. The van der Waals surface area contributed by atoms with E-state index in [1.807, 2.05) is 13.0 Å². The maximum Gasteiger partial charge on any atom is 0.306 e. The lowest BCUT2D eigenvalue weighted by molar-refractivity contribution is -0.149. The maximum absolute atomic E-state index is 12.0. The van der Waals surface area contributed by atoms with Crippen molar-refractivity contribution in [2.75, 3.05) is 13.2 Å². The Labute approximate surface area is 164 Å². The zero-order chi connectivity index (χ0) is 19.7. The number of esters is 1. The van der Waals surface area contributed by atoms with Gasteiger partial charge >= 0.3 is 5.97 Å². The number of benzene rings is 1. The first-order chi connectivity index (χ1) is 12.9. The molecular weight excluding hydrogens is 368 g/mol. The summed E-state index contributed by atoms with van der Waals surface area (Å²) in [7, 11) is 0. The molecule has 0 radical (unpaired) electrons. The average molecular weight is 393 g/mol. The van der Waals surface area contributed by atoms with Crippen molar-refractivity contribution in [2.45, 2.75) is 57.4 Å². The molecule has 0 heterocycles. The van der Waals surface area contributed by atoms with E-state index in [1.54, 1.807) is 12.1 Å². The first-order valence-electron chi connectivity index (χ1n) is 9.21. The largest absolute Gasteiger partial charge is 0.494 e. The summed E-state index contributed by atoms with van der Waals surface area (Å²) in [6, 6.07) is 7.57. The van der Waals surface area contributed by atoms with Gasteiger partial charge in [0.25, 0.3) is 5.91 Å².